The lowest BCUT2D eigenvalue weighted by Crippen LogP contribution is -2.22. The molecular weight excluding hydrogens is 268 g/mol. The Balaban J connectivity index is 3.20. The molecule has 0 bridgehead atoms. The molecule has 0 aliphatic carbocycles. The highest BCUT2D eigenvalue weighted by Crippen LogP contribution is 2.05. The number of halogens is 1. The third-order valence-corrected chi connectivity index (χ3v) is 2.72. The van der Waals surface area contributed by atoms with E-state index in [1.807, 2.05) is 20.8 Å². The maximum Gasteiger partial charge on any atom is 0.234 e. The second-order valence-electron chi connectivity index (χ2n) is 4.43. The fraction of sp³-hybridized carbons (Fsp3) is 1.00. The molecule has 0 spiro atoms. The van der Waals surface area contributed by atoms with Gasteiger partial charge in [0, 0.05) is 10.7 Å². The highest BCUT2D eigenvalue weighted by molar-refractivity contribution is 8.13. The highest BCUT2D eigenvalue weighted by atomic mass is 35.7. The Kier molecular flexibility index (Phi) is 8.32. The van der Waals surface area contributed by atoms with E-state index in [1.54, 1.807) is 0 Å². The monoisotopic (exact) mass is 288 g/mol. The number of rotatable bonds is 9. The van der Waals surface area contributed by atoms with Crippen LogP contribution in [-0.4, -0.2) is 52.8 Å². The number of hydrogen-bond donors (Lipinski definition) is 0. The molecule has 0 aliphatic heterocycles. The molecule has 5 nitrogen and oxygen atoms in total. The molecule has 0 heterocycles. The van der Waals surface area contributed by atoms with Crippen molar-refractivity contribution < 1.29 is 22.6 Å². The van der Waals surface area contributed by atoms with Crippen molar-refractivity contribution in [3.63, 3.8) is 0 Å². The molecule has 0 aromatic rings. The van der Waals surface area contributed by atoms with Gasteiger partial charge in [-0.1, -0.05) is 0 Å². The van der Waals surface area contributed by atoms with Crippen molar-refractivity contribution in [3.8, 4) is 0 Å². The van der Waals surface area contributed by atoms with Gasteiger partial charge in [-0.15, -0.1) is 0 Å². The first-order chi connectivity index (χ1) is 7.71. The minimum atomic E-state index is -3.46. The summed E-state index contributed by atoms with van der Waals surface area (Å²) >= 11 is 0. The second-order valence-corrected chi connectivity index (χ2v) is 7.33. The van der Waals surface area contributed by atoms with Crippen LogP contribution < -0.4 is 0 Å². The molecule has 0 aromatic carbocycles. The molecule has 0 aliphatic rings. The van der Waals surface area contributed by atoms with Crippen LogP contribution in [0.25, 0.3) is 0 Å². The minimum absolute atomic E-state index is 0.0910. The van der Waals surface area contributed by atoms with Gasteiger partial charge < -0.3 is 14.2 Å². The molecule has 0 radical (unpaired) electrons. The van der Waals surface area contributed by atoms with Gasteiger partial charge in [-0.25, -0.2) is 8.42 Å². The smallest absolute Gasteiger partial charge is 0.234 e. The maximum atomic E-state index is 10.5. The molecule has 0 atom stereocenters. The molecule has 0 saturated carbocycles. The van der Waals surface area contributed by atoms with Gasteiger partial charge in [0.25, 0.3) is 0 Å². The van der Waals surface area contributed by atoms with Crippen molar-refractivity contribution in [2.45, 2.75) is 26.4 Å². The SMILES string of the molecule is CC(C)(C)OCCOCCOCCS(=O)(=O)Cl. The Morgan fingerprint density at radius 1 is 0.941 bits per heavy atom. The predicted octanol–water partition coefficient (Wildman–Crippen LogP) is 1.40. The van der Waals surface area contributed by atoms with E-state index in [0.717, 1.165) is 0 Å². The molecule has 0 rings (SSSR count). The zero-order valence-corrected chi connectivity index (χ0v) is 12.1. The summed E-state index contributed by atoms with van der Waals surface area (Å²) in [5, 5.41) is 0. The largest absolute Gasteiger partial charge is 0.378 e. The molecule has 0 saturated heterocycles. The summed E-state index contributed by atoms with van der Waals surface area (Å²) in [7, 11) is 1.55. The van der Waals surface area contributed by atoms with Crippen molar-refractivity contribution >= 4 is 19.7 Å². The molecule has 17 heavy (non-hydrogen) atoms. The average Bonchev–Trinajstić information content (AvgIpc) is 2.11. The first-order valence-electron chi connectivity index (χ1n) is 5.42. The molecule has 104 valence electrons. The van der Waals surface area contributed by atoms with Crippen molar-refractivity contribution in [1.82, 2.24) is 0 Å². The van der Waals surface area contributed by atoms with E-state index >= 15 is 0 Å². The number of hydrogen-bond acceptors (Lipinski definition) is 5. The van der Waals surface area contributed by atoms with E-state index in [-0.39, 0.29) is 18.0 Å². The Bertz CT molecular complexity index is 284. The van der Waals surface area contributed by atoms with Crippen LogP contribution in [0.4, 0.5) is 0 Å². The lowest BCUT2D eigenvalue weighted by atomic mass is 10.2. The first-order valence-corrected chi connectivity index (χ1v) is 7.90. The Labute approximate surface area is 108 Å². The van der Waals surface area contributed by atoms with Crippen LogP contribution in [0.2, 0.25) is 0 Å². The van der Waals surface area contributed by atoms with Crippen LogP contribution in [0.5, 0.6) is 0 Å². The molecule has 7 heteroatoms. The fourth-order valence-electron chi connectivity index (χ4n) is 0.887. The van der Waals surface area contributed by atoms with Crippen LogP contribution in [0.15, 0.2) is 0 Å². The zero-order chi connectivity index (χ0) is 13.4. The number of ether oxygens (including phenoxy) is 3. The topological polar surface area (TPSA) is 61.8 Å². The van der Waals surface area contributed by atoms with Gasteiger partial charge in [0.1, 0.15) is 0 Å². The zero-order valence-electron chi connectivity index (χ0n) is 10.6. The van der Waals surface area contributed by atoms with Crippen LogP contribution in [0, 0.1) is 0 Å². The van der Waals surface area contributed by atoms with Crippen LogP contribution in [-0.2, 0) is 23.3 Å². The van der Waals surface area contributed by atoms with E-state index in [1.165, 1.54) is 0 Å². The summed E-state index contributed by atoms with van der Waals surface area (Å²) in [5.41, 5.74) is -0.158. The van der Waals surface area contributed by atoms with E-state index in [4.69, 9.17) is 24.9 Å². The van der Waals surface area contributed by atoms with Crippen molar-refractivity contribution in [3.05, 3.63) is 0 Å². The van der Waals surface area contributed by atoms with E-state index in [9.17, 15) is 8.42 Å². The van der Waals surface area contributed by atoms with Gasteiger partial charge in [-0.2, -0.15) is 0 Å². The van der Waals surface area contributed by atoms with Gasteiger partial charge in [-0.3, -0.25) is 0 Å². The summed E-state index contributed by atoms with van der Waals surface area (Å²) in [4.78, 5) is 0. The van der Waals surface area contributed by atoms with Gasteiger partial charge in [0.15, 0.2) is 0 Å². The lowest BCUT2D eigenvalue weighted by molar-refractivity contribution is -0.0418. The summed E-state index contributed by atoms with van der Waals surface area (Å²) < 4.78 is 36.8. The Morgan fingerprint density at radius 3 is 1.88 bits per heavy atom. The fourth-order valence-corrected chi connectivity index (χ4v) is 1.39. The van der Waals surface area contributed by atoms with E-state index in [2.05, 4.69) is 0 Å². The van der Waals surface area contributed by atoms with Crippen LogP contribution in [0.3, 0.4) is 0 Å². The average molecular weight is 289 g/mol. The normalized spacial score (nSPS) is 12.9. The third kappa shape index (κ3) is 16.1. The van der Waals surface area contributed by atoms with Crippen molar-refractivity contribution in [2.24, 2.45) is 0 Å². The van der Waals surface area contributed by atoms with Gasteiger partial charge >= 0.3 is 0 Å². The van der Waals surface area contributed by atoms with Crippen molar-refractivity contribution in [2.75, 3.05) is 38.8 Å². The molecule has 0 N–H and O–H groups in total. The second kappa shape index (κ2) is 8.26. The van der Waals surface area contributed by atoms with Gasteiger partial charge in [0.05, 0.1) is 44.4 Å². The molecule has 0 amide bonds. The van der Waals surface area contributed by atoms with Crippen LogP contribution in [0.1, 0.15) is 20.8 Å². The van der Waals surface area contributed by atoms with Gasteiger partial charge in [0.2, 0.25) is 9.05 Å². The molecule has 0 fully saturated rings. The summed E-state index contributed by atoms with van der Waals surface area (Å²) in [5.74, 6) is -0.179. The van der Waals surface area contributed by atoms with Crippen molar-refractivity contribution in [1.29, 1.82) is 0 Å². The highest BCUT2D eigenvalue weighted by Gasteiger charge is 2.08. The molecular formula is C10H21ClO5S. The van der Waals surface area contributed by atoms with Crippen LogP contribution >= 0.6 is 10.7 Å². The van der Waals surface area contributed by atoms with E-state index < -0.39 is 9.05 Å². The maximum absolute atomic E-state index is 10.5. The van der Waals surface area contributed by atoms with E-state index in [0.29, 0.717) is 26.4 Å². The molecule has 0 aromatic heterocycles. The Hall–Kier alpha value is 0.120. The summed E-state index contributed by atoms with van der Waals surface area (Å²) in [6.07, 6.45) is 0. The first kappa shape index (κ1) is 17.1. The minimum Gasteiger partial charge on any atom is -0.378 e. The molecule has 0 unspecified atom stereocenters. The summed E-state index contributed by atoms with van der Waals surface area (Å²) in [6, 6.07) is 0. The van der Waals surface area contributed by atoms with Gasteiger partial charge in [-0.05, 0) is 20.8 Å². The quantitative estimate of drug-likeness (QED) is 0.474. The third-order valence-electron chi connectivity index (χ3n) is 1.61. The predicted molar refractivity (Wildman–Crippen MR) is 67.0 cm³/mol. The standard InChI is InChI=1S/C10H21ClO5S/c1-10(2,3)16-7-6-14-4-5-15-8-9-17(11,12)13/h4-9H2,1-3H3. The lowest BCUT2D eigenvalue weighted by Gasteiger charge is -2.19. The Morgan fingerprint density at radius 2 is 1.41 bits per heavy atom. The summed E-state index contributed by atoms with van der Waals surface area (Å²) in [6.45, 7) is 7.80.